The molecule has 31 heavy (non-hydrogen) atoms. The summed E-state index contributed by atoms with van der Waals surface area (Å²) in [7, 11) is 0. The SMILES string of the molecule is CCOC(=O)c1c(C)cn2c(CCNC(=O)C(CC)Oc3ccc(C)cc3C)n[nH]c12. The van der Waals surface area contributed by atoms with Crippen LogP contribution in [0.5, 0.6) is 5.75 Å². The number of benzene rings is 1. The monoisotopic (exact) mass is 426 g/mol. The maximum atomic E-state index is 12.6. The van der Waals surface area contributed by atoms with Gasteiger partial charge in [-0.3, -0.25) is 14.3 Å². The zero-order chi connectivity index (χ0) is 22.5. The third-order valence-electron chi connectivity index (χ3n) is 5.15. The maximum Gasteiger partial charge on any atom is 0.342 e. The van der Waals surface area contributed by atoms with Gasteiger partial charge in [0.25, 0.3) is 5.91 Å². The molecule has 8 heteroatoms. The second-order valence-electron chi connectivity index (χ2n) is 7.59. The second kappa shape index (κ2) is 9.68. The summed E-state index contributed by atoms with van der Waals surface area (Å²) in [6.07, 6.45) is 2.35. The number of hydrogen-bond donors (Lipinski definition) is 2. The van der Waals surface area contributed by atoms with Gasteiger partial charge in [0, 0.05) is 19.2 Å². The lowest BCUT2D eigenvalue weighted by Gasteiger charge is -2.18. The lowest BCUT2D eigenvalue weighted by Crippen LogP contribution is -2.39. The molecule has 0 bridgehead atoms. The number of nitrogens with one attached hydrogen (secondary N) is 2. The van der Waals surface area contributed by atoms with E-state index < -0.39 is 6.10 Å². The average Bonchev–Trinajstić information content (AvgIpc) is 3.25. The summed E-state index contributed by atoms with van der Waals surface area (Å²) in [4.78, 5) is 24.8. The lowest BCUT2D eigenvalue weighted by atomic mass is 10.1. The molecule has 0 aliphatic carbocycles. The Morgan fingerprint density at radius 3 is 2.65 bits per heavy atom. The number of nitrogens with zero attached hydrogens (tertiary/aromatic N) is 2. The number of rotatable bonds is 9. The molecule has 0 fully saturated rings. The van der Waals surface area contributed by atoms with Crippen molar-refractivity contribution in [3.63, 3.8) is 0 Å². The number of H-pyrrole nitrogens is 1. The van der Waals surface area contributed by atoms with Gasteiger partial charge in [-0.2, -0.15) is 5.10 Å². The first-order valence-electron chi connectivity index (χ1n) is 10.6. The molecule has 0 spiro atoms. The first-order valence-corrected chi connectivity index (χ1v) is 10.6. The van der Waals surface area contributed by atoms with Crippen LogP contribution in [0.2, 0.25) is 0 Å². The molecule has 0 radical (unpaired) electrons. The molecule has 0 aliphatic heterocycles. The highest BCUT2D eigenvalue weighted by Gasteiger charge is 2.21. The quantitative estimate of drug-likeness (QED) is 0.512. The van der Waals surface area contributed by atoms with Crippen LogP contribution in [0.3, 0.4) is 0 Å². The van der Waals surface area contributed by atoms with Crippen molar-refractivity contribution in [1.29, 1.82) is 0 Å². The summed E-state index contributed by atoms with van der Waals surface area (Å²) in [5, 5.41) is 10.1. The predicted molar refractivity (Wildman–Crippen MR) is 118 cm³/mol. The van der Waals surface area contributed by atoms with Gasteiger partial charge in [-0.05, 0) is 51.3 Å². The van der Waals surface area contributed by atoms with Crippen molar-refractivity contribution in [1.82, 2.24) is 19.9 Å². The maximum absolute atomic E-state index is 12.6. The minimum Gasteiger partial charge on any atom is -0.480 e. The number of carbonyl (C=O) groups is 2. The Kier molecular flexibility index (Phi) is 6.99. The standard InChI is InChI=1S/C23H30N4O4/c1-6-17(31-18-9-8-14(3)12-15(18)4)22(28)24-11-10-19-25-26-21-20(23(29)30-7-2)16(5)13-27(19)21/h8-9,12-13,17,26H,6-7,10-11H2,1-5H3,(H,24,28). The van der Waals surface area contributed by atoms with Crippen molar-refractivity contribution in [3.8, 4) is 5.75 Å². The normalized spacial score (nSPS) is 12.0. The zero-order valence-corrected chi connectivity index (χ0v) is 18.7. The summed E-state index contributed by atoms with van der Waals surface area (Å²) < 4.78 is 12.9. The van der Waals surface area contributed by atoms with E-state index in [1.165, 1.54) is 0 Å². The second-order valence-corrected chi connectivity index (χ2v) is 7.59. The van der Waals surface area contributed by atoms with Crippen LogP contribution in [0.15, 0.2) is 24.4 Å². The van der Waals surface area contributed by atoms with E-state index in [-0.39, 0.29) is 11.9 Å². The fraction of sp³-hybridized carbons (Fsp3) is 0.435. The molecule has 1 amide bonds. The first kappa shape index (κ1) is 22.4. The fourth-order valence-corrected chi connectivity index (χ4v) is 3.57. The van der Waals surface area contributed by atoms with E-state index in [1.54, 1.807) is 6.92 Å². The number of amides is 1. The van der Waals surface area contributed by atoms with Crippen LogP contribution in [0, 0.1) is 20.8 Å². The molecule has 0 aliphatic rings. The molecule has 166 valence electrons. The van der Waals surface area contributed by atoms with Crippen LogP contribution in [0.25, 0.3) is 5.65 Å². The van der Waals surface area contributed by atoms with Gasteiger partial charge in [0.2, 0.25) is 0 Å². The van der Waals surface area contributed by atoms with E-state index in [0.29, 0.717) is 37.2 Å². The Bertz CT molecular complexity index is 1080. The van der Waals surface area contributed by atoms with Gasteiger partial charge >= 0.3 is 5.97 Å². The van der Waals surface area contributed by atoms with Crippen molar-refractivity contribution >= 4 is 17.5 Å². The Hall–Kier alpha value is -3.29. The highest BCUT2D eigenvalue weighted by molar-refractivity contribution is 5.97. The highest BCUT2D eigenvalue weighted by atomic mass is 16.5. The number of aromatic amines is 1. The molecular formula is C23H30N4O4. The fourth-order valence-electron chi connectivity index (χ4n) is 3.57. The zero-order valence-electron chi connectivity index (χ0n) is 18.7. The third kappa shape index (κ3) is 4.90. The molecule has 1 aromatic carbocycles. The number of aryl methyl sites for hydroxylation is 3. The van der Waals surface area contributed by atoms with E-state index in [4.69, 9.17) is 9.47 Å². The van der Waals surface area contributed by atoms with Gasteiger partial charge in [-0.25, -0.2) is 4.79 Å². The van der Waals surface area contributed by atoms with Gasteiger partial charge in [0.15, 0.2) is 6.10 Å². The van der Waals surface area contributed by atoms with Crippen LogP contribution >= 0.6 is 0 Å². The van der Waals surface area contributed by atoms with Crippen molar-refractivity contribution in [2.45, 2.75) is 53.6 Å². The Morgan fingerprint density at radius 2 is 1.97 bits per heavy atom. The molecule has 3 aromatic rings. The van der Waals surface area contributed by atoms with E-state index in [2.05, 4.69) is 15.5 Å². The van der Waals surface area contributed by atoms with Crippen molar-refractivity contribution in [2.24, 2.45) is 0 Å². The summed E-state index contributed by atoms with van der Waals surface area (Å²) in [5.41, 5.74) is 4.05. The summed E-state index contributed by atoms with van der Waals surface area (Å²) in [6.45, 7) is 10.3. The highest BCUT2D eigenvalue weighted by Crippen LogP contribution is 2.21. The molecule has 2 heterocycles. The van der Waals surface area contributed by atoms with E-state index in [9.17, 15) is 9.59 Å². The molecule has 2 N–H and O–H groups in total. The van der Waals surface area contributed by atoms with E-state index >= 15 is 0 Å². The van der Waals surface area contributed by atoms with Crippen LogP contribution in [-0.2, 0) is 16.0 Å². The van der Waals surface area contributed by atoms with E-state index in [1.807, 2.05) is 56.5 Å². The van der Waals surface area contributed by atoms with Crippen molar-refractivity contribution in [2.75, 3.05) is 13.2 Å². The molecule has 0 saturated heterocycles. The van der Waals surface area contributed by atoms with Gasteiger partial charge in [-0.1, -0.05) is 24.6 Å². The summed E-state index contributed by atoms with van der Waals surface area (Å²) in [6, 6.07) is 5.91. The van der Waals surface area contributed by atoms with Gasteiger partial charge in [-0.15, -0.1) is 0 Å². The Balaban J connectivity index is 1.62. The largest absolute Gasteiger partial charge is 0.480 e. The minimum atomic E-state index is -0.565. The number of esters is 1. The predicted octanol–water partition coefficient (Wildman–Crippen LogP) is 3.28. The molecule has 8 nitrogen and oxygen atoms in total. The smallest absolute Gasteiger partial charge is 0.342 e. The number of ether oxygens (including phenoxy) is 2. The average molecular weight is 427 g/mol. The van der Waals surface area contributed by atoms with Crippen LogP contribution in [0.4, 0.5) is 0 Å². The topological polar surface area (TPSA) is 97.7 Å². The number of aromatic nitrogens is 3. The van der Waals surface area contributed by atoms with Gasteiger partial charge in [0.1, 0.15) is 22.8 Å². The minimum absolute atomic E-state index is 0.162. The van der Waals surface area contributed by atoms with Crippen molar-refractivity contribution < 1.29 is 19.1 Å². The molecule has 3 rings (SSSR count). The number of fused-ring (bicyclic) bond motifs is 1. The number of hydrogen-bond acceptors (Lipinski definition) is 5. The van der Waals surface area contributed by atoms with Crippen molar-refractivity contribution in [3.05, 3.63) is 52.5 Å². The van der Waals surface area contributed by atoms with E-state index in [0.717, 1.165) is 28.3 Å². The van der Waals surface area contributed by atoms with Crippen LogP contribution in [-0.4, -0.2) is 45.7 Å². The molecule has 2 aromatic heterocycles. The Labute approximate surface area is 181 Å². The molecule has 0 saturated carbocycles. The molecule has 1 atom stereocenters. The molecule has 1 unspecified atom stereocenters. The van der Waals surface area contributed by atoms with Gasteiger partial charge < -0.3 is 14.8 Å². The number of carbonyl (C=O) groups excluding carboxylic acids is 2. The van der Waals surface area contributed by atoms with Crippen LogP contribution in [0.1, 0.15) is 53.1 Å². The lowest BCUT2D eigenvalue weighted by molar-refractivity contribution is -0.128. The first-order chi connectivity index (χ1) is 14.8. The summed E-state index contributed by atoms with van der Waals surface area (Å²) >= 11 is 0. The third-order valence-corrected chi connectivity index (χ3v) is 5.15. The van der Waals surface area contributed by atoms with Crippen LogP contribution < -0.4 is 10.1 Å². The Morgan fingerprint density at radius 1 is 1.19 bits per heavy atom. The van der Waals surface area contributed by atoms with Gasteiger partial charge in [0.05, 0.1) is 6.61 Å². The molecular weight excluding hydrogens is 396 g/mol. The summed E-state index contributed by atoms with van der Waals surface area (Å²) in [5.74, 6) is 0.902.